The minimum atomic E-state index is -0.408. The van der Waals surface area contributed by atoms with E-state index in [4.69, 9.17) is 14.6 Å². The summed E-state index contributed by atoms with van der Waals surface area (Å²) >= 11 is 0. The van der Waals surface area contributed by atoms with Crippen LogP contribution in [0, 0.1) is 5.82 Å². The molecule has 5 rings (SSSR count). The first-order valence-electron chi connectivity index (χ1n) is 9.49. The number of benzene rings is 3. The fourth-order valence-electron chi connectivity index (χ4n) is 3.76. The van der Waals surface area contributed by atoms with Gasteiger partial charge < -0.3 is 14.6 Å². The molecular formula is C23H19FN2O3. The molecule has 3 aromatic carbocycles. The average Bonchev–Trinajstić information content (AvgIpc) is 3.21. The second-order valence-electron chi connectivity index (χ2n) is 7.01. The number of fused-ring (bicyclic) bond motifs is 1. The van der Waals surface area contributed by atoms with Crippen LogP contribution in [0.1, 0.15) is 23.6 Å². The standard InChI is InChI=1S/C23H19FN2O3/c24-16-7-8-21(27)18(13-16)19-14-20(26(25-19)17-4-2-1-3-5-17)15-6-9-22-23(12-15)29-11-10-28-22/h1-9,12-13,20,27H,10-11,14H2/t20-/m0/s1. The summed E-state index contributed by atoms with van der Waals surface area (Å²) in [6, 6.07) is 19.5. The topological polar surface area (TPSA) is 54.3 Å². The number of para-hydroxylation sites is 1. The number of hydrogen-bond donors (Lipinski definition) is 1. The van der Waals surface area contributed by atoms with Crippen molar-refractivity contribution in [3.8, 4) is 17.2 Å². The third-order valence-electron chi connectivity index (χ3n) is 5.15. The lowest BCUT2D eigenvalue weighted by Crippen LogP contribution is -2.20. The number of nitrogens with zero attached hydrogens (tertiary/aromatic N) is 2. The molecule has 0 unspecified atom stereocenters. The highest BCUT2D eigenvalue weighted by molar-refractivity contribution is 6.05. The summed E-state index contributed by atoms with van der Waals surface area (Å²) in [5, 5.41) is 16.9. The van der Waals surface area contributed by atoms with Gasteiger partial charge in [0, 0.05) is 12.0 Å². The fraction of sp³-hybridized carbons (Fsp3) is 0.174. The van der Waals surface area contributed by atoms with Crippen LogP contribution >= 0.6 is 0 Å². The molecule has 0 bridgehead atoms. The maximum atomic E-state index is 13.8. The van der Waals surface area contributed by atoms with Crippen molar-refractivity contribution >= 4 is 11.4 Å². The maximum Gasteiger partial charge on any atom is 0.161 e. The van der Waals surface area contributed by atoms with E-state index in [9.17, 15) is 9.50 Å². The molecule has 0 spiro atoms. The van der Waals surface area contributed by atoms with Gasteiger partial charge in [-0.1, -0.05) is 24.3 Å². The van der Waals surface area contributed by atoms with Gasteiger partial charge in [0.25, 0.3) is 0 Å². The minimum Gasteiger partial charge on any atom is -0.507 e. The summed E-state index contributed by atoms with van der Waals surface area (Å²) in [7, 11) is 0. The average molecular weight is 390 g/mol. The summed E-state index contributed by atoms with van der Waals surface area (Å²) in [6.07, 6.45) is 0.519. The number of hydrazone groups is 1. The number of rotatable bonds is 3. The summed E-state index contributed by atoms with van der Waals surface area (Å²) in [5.41, 5.74) is 2.96. The van der Waals surface area contributed by atoms with E-state index in [1.54, 1.807) is 0 Å². The molecule has 0 saturated carbocycles. The number of anilines is 1. The van der Waals surface area contributed by atoms with Gasteiger partial charge in [-0.25, -0.2) is 4.39 Å². The second kappa shape index (κ2) is 7.13. The second-order valence-corrected chi connectivity index (χ2v) is 7.01. The molecular weight excluding hydrogens is 371 g/mol. The van der Waals surface area contributed by atoms with Crippen molar-refractivity contribution in [2.24, 2.45) is 5.10 Å². The van der Waals surface area contributed by atoms with Gasteiger partial charge in [0.2, 0.25) is 0 Å². The Kier molecular flexibility index (Phi) is 4.31. The van der Waals surface area contributed by atoms with Crippen molar-refractivity contribution in [3.63, 3.8) is 0 Å². The molecule has 3 aromatic rings. The van der Waals surface area contributed by atoms with Crippen molar-refractivity contribution in [1.82, 2.24) is 0 Å². The van der Waals surface area contributed by atoms with Crippen LogP contribution in [0.3, 0.4) is 0 Å². The van der Waals surface area contributed by atoms with Gasteiger partial charge >= 0.3 is 0 Å². The van der Waals surface area contributed by atoms with Crippen LogP contribution < -0.4 is 14.5 Å². The molecule has 0 amide bonds. The number of aromatic hydroxyl groups is 1. The largest absolute Gasteiger partial charge is 0.507 e. The maximum absolute atomic E-state index is 13.8. The highest BCUT2D eigenvalue weighted by atomic mass is 19.1. The van der Waals surface area contributed by atoms with Crippen molar-refractivity contribution in [2.75, 3.05) is 18.2 Å². The van der Waals surface area contributed by atoms with Gasteiger partial charge in [0.05, 0.1) is 17.4 Å². The molecule has 29 heavy (non-hydrogen) atoms. The molecule has 146 valence electrons. The number of halogens is 1. The van der Waals surface area contributed by atoms with Crippen LogP contribution in [0.15, 0.2) is 71.8 Å². The first-order chi connectivity index (χ1) is 14.2. The Hall–Kier alpha value is -3.54. The van der Waals surface area contributed by atoms with E-state index in [1.807, 2.05) is 53.5 Å². The summed E-state index contributed by atoms with van der Waals surface area (Å²) in [5.74, 6) is 1.05. The Balaban J connectivity index is 1.57. The van der Waals surface area contributed by atoms with Crippen molar-refractivity contribution in [3.05, 3.63) is 83.7 Å². The monoisotopic (exact) mass is 390 g/mol. The lowest BCUT2D eigenvalue weighted by atomic mass is 9.97. The van der Waals surface area contributed by atoms with Crippen molar-refractivity contribution < 1.29 is 19.0 Å². The van der Waals surface area contributed by atoms with E-state index >= 15 is 0 Å². The fourth-order valence-corrected chi connectivity index (χ4v) is 3.76. The summed E-state index contributed by atoms with van der Waals surface area (Å²) < 4.78 is 25.2. The van der Waals surface area contributed by atoms with Crippen LogP contribution in [0.4, 0.5) is 10.1 Å². The first-order valence-corrected chi connectivity index (χ1v) is 9.49. The SMILES string of the molecule is Oc1ccc(F)cc1C1=NN(c2ccccc2)[C@H](c2ccc3c(c2)OCCO3)C1. The summed E-state index contributed by atoms with van der Waals surface area (Å²) in [6.45, 7) is 1.06. The van der Waals surface area contributed by atoms with Crippen LogP contribution in [-0.4, -0.2) is 24.0 Å². The van der Waals surface area contributed by atoms with E-state index < -0.39 is 5.82 Å². The normalized spacial score (nSPS) is 17.9. The smallest absolute Gasteiger partial charge is 0.161 e. The molecule has 2 aliphatic heterocycles. The first kappa shape index (κ1) is 17.6. The molecule has 0 radical (unpaired) electrons. The van der Waals surface area contributed by atoms with E-state index in [2.05, 4.69) is 0 Å². The zero-order valence-electron chi connectivity index (χ0n) is 15.6. The minimum absolute atomic E-state index is 0.0148. The zero-order chi connectivity index (χ0) is 19.8. The van der Waals surface area contributed by atoms with Gasteiger partial charge in [0.15, 0.2) is 11.5 Å². The summed E-state index contributed by atoms with van der Waals surface area (Å²) in [4.78, 5) is 0. The molecule has 2 aliphatic rings. The molecule has 6 heteroatoms. The number of ether oxygens (including phenoxy) is 2. The van der Waals surface area contributed by atoms with E-state index in [0.29, 0.717) is 36.7 Å². The Morgan fingerprint density at radius 3 is 2.55 bits per heavy atom. The third kappa shape index (κ3) is 3.27. The Morgan fingerprint density at radius 1 is 0.931 bits per heavy atom. The molecule has 0 aromatic heterocycles. The predicted octanol–water partition coefficient (Wildman–Crippen LogP) is 4.66. The third-order valence-corrected chi connectivity index (χ3v) is 5.15. The van der Waals surface area contributed by atoms with E-state index in [1.165, 1.54) is 18.2 Å². The number of hydrogen-bond acceptors (Lipinski definition) is 5. The van der Waals surface area contributed by atoms with E-state index in [-0.39, 0.29) is 11.8 Å². The lowest BCUT2D eigenvalue weighted by molar-refractivity contribution is 0.171. The molecule has 1 N–H and O–H groups in total. The van der Waals surface area contributed by atoms with Gasteiger partial charge in [-0.05, 0) is 48.0 Å². The highest BCUT2D eigenvalue weighted by Crippen LogP contribution is 2.41. The highest BCUT2D eigenvalue weighted by Gasteiger charge is 2.32. The van der Waals surface area contributed by atoms with E-state index in [0.717, 1.165) is 17.0 Å². The van der Waals surface area contributed by atoms with Crippen molar-refractivity contribution in [1.29, 1.82) is 0 Å². The number of phenols is 1. The quantitative estimate of drug-likeness (QED) is 0.707. The van der Waals surface area contributed by atoms with Crippen LogP contribution in [0.5, 0.6) is 17.2 Å². The Bertz CT molecular complexity index is 1080. The Labute approximate surface area is 167 Å². The van der Waals surface area contributed by atoms with Gasteiger partial charge in [0.1, 0.15) is 24.8 Å². The molecule has 1 atom stereocenters. The van der Waals surface area contributed by atoms with Gasteiger partial charge in [-0.15, -0.1) is 0 Å². The molecule has 0 aliphatic carbocycles. The molecule has 0 saturated heterocycles. The lowest BCUT2D eigenvalue weighted by Gasteiger charge is -2.25. The van der Waals surface area contributed by atoms with Crippen LogP contribution in [0.25, 0.3) is 0 Å². The van der Waals surface area contributed by atoms with Crippen LogP contribution in [0.2, 0.25) is 0 Å². The molecule has 2 heterocycles. The molecule has 5 nitrogen and oxygen atoms in total. The number of phenolic OH excluding ortho intramolecular Hbond substituents is 1. The molecule has 0 fully saturated rings. The van der Waals surface area contributed by atoms with Gasteiger partial charge in [-0.2, -0.15) is 5.10 Å². The van der Waals surface area contributed by atoms with Gasteiger partial charge in [-0.3, -0.25) is 5.01 Å². The predicted molar refractivity (Wildman–Crippen MR) is 108 cm³/mol. The van der Waals surface area contributed by atoms with Crippen LogP contribution in [-0.2, 0) is 0 Å². The Morgan fingerprint density at radius 2 is 1.72 bits per heavy atom. The zero-order valence-corrected chi connectivity index (χ0v) is 15.6. The van der Waals surface area contributed by atoms with Crippen molar-refractivity contribution in [2.45, 2.75) is 12.5 Å².